The number of amides is 1. The molecule has 174 valence electrons. The normalized spacial score (nSPS) is 14.8. The molecule has 0 aromatic heterocycles. The Hall–Kier alpha value is -2.00. The molecule has 0 bridgehead atoms. The van der Waals surface area contributed by atoms with Crippen molar-refractivity contribution in [1.82, 2.24) is 15.5 Å². The first-order valence-electron chi connectivity index (χ1n) is 10.8. The highest BCUT2D eigenvalue weighted by Crippen LogP contribution is 2.17. The van der Waals surface area contributed by atoms with Gasteiger partial charge in [0.15, 0.2) is 5.96 Å². The number of nitrogens with one attached hydrogen (secondary N) is 2. The van der Waals surface area contributed by atoms with E-state index >= 15 is 0 Å². The average Bonchev–Trinajstić information content (AvgIpc) is 2.81. The summed E-state index contributed by atoms with van der Waals surface area (Å²) >= 11 is 5.90. The van der Waals surface area contributed by atoms with Crippen molar-refractivity contribution in [3.63, 3.8) is 0 Å². The standard InChI is InChI=1S/C24H31ClN4O2.HI/c1-18(31-22-12-10-21(25)11-13-22)16-27-24(26-2)28-17-19-6-8-20(9-7-19)23(30)29-14-4-3-5-15-29;/h6-13,18H,3-5,14-17H2,1-2H3,(H2,26,27,28);1H. The Balaban J connectivity index is 0.00000363. The largest absolute Gasteiger partial charge is 0.489 e. The zero-order chi connectivity index (χ0) is 22.1. The predicted molar refractivity (Wildman–Crippen MR) is 141 cm³/mol. The Morgan fingerprint density at radius 3 is 2.34 bits per heavy atom. The van der Waals surface area contributed by atoms with Crippen molar-refractivity contribution in [2.45, 2.75) is 38.8 Å². The van der Waals surface area contributed by atoms with Crippen LogP contribution < -0.4 is 15.4 Å². The quantitative estimate of drug-likeness (QED) is 0.287. The van der Waals surface area contributed by atoms with Crippen LogP contribution in [-0.2, 0) is 6.54 Å². The van der Waals surface area contributed by atoms with Crippen LogP contribution >= 0.6 is 35.6 Å². The first kappa shape index (κ1) is 26.3. The van der Waals surface area contributed by atoms with Gasteiger partial charge in [-0.1, -0.05) is 23.7 Å². The number of halogens is 2. The average molecular weight is 571 g/mol. The first-order chi connectivity index (χ1) is 15.0. The number of hydrogen-bond acceptors (Lipinski definition) is 3. The number of guanidine groups is 1. The summed E-state index contributed by atoms with van der Waals surface area (Å²) in [5.41, 5.74) is 1.84. The van der Waals surface area contributed by atoms with Crippen LogP contribution in [0, 0.1) is 0 Å². The summed E-state index contributed by atoms with van der Waals surface area (Å²) in [6.07, 6.45) is 3.38. The van der Waals surface area contributed by atoms with Gasteiger partial charge in [0.1, 0.15) is 11.9 Å². The lowest BCUT2D eigenvalue weighted by molar-refractivity contribution is 0.0724. The maximum Gasteiger partial charge on any atom is 0.253 e. The Morgan fingerprint density at radius 1 is 1.06 bits per heavy atom. The van der Waals surface area contributed by atoms with E-state index in [1.165, 1.54) is 6.42 Å². The van der Waals surface area contributed by atoms with Gasteiger partial charge in [-0.2, -0.15) is 0 Å². The lowest BCUT2D eigenvalue weighted by Crippen LogP contribution is -2.41. The molecule has 0 radical (unpaired) electrons. The fourth-order valence-electron chi connectivity index (χ4n) is 3.48. The first-order valence-corrected chi connectivity index (χ1v) is 11.2. The SMILES string of the molecule is CN=C(NCc1ccc(C(=O)N2CCCCC2)cc1)NCC(C)Oc1ccc(Cl)cc1.I. The van der Waals surface area contributed by atoms with Gasteiger partial charge in [-0.3, -0.25) is 9.79 Å². The van der Waals surface area contributed by atoms with Crippen LogP contribution in [0.15, 0.2) is 53.5 Å². The van der Waals surface area contributed by atoms with Crippen molar-refractivity contribution in [1.29, 1.82) is 0 Å². The third-order valence-electron chi connectivity index (χ3n) is 5.24. The molecular weight excluding hydrogens is 539 g/mol. The Bertz CT molecular complexity index is 869. The van der Waals surface area contributed by atoms with Crippen molar-refractivity contribution in [3.8, 4) is 5.75 Å². The highest BCUT2D eigenvalue weighted by atomic mass is 127. The van der Waals surface area contributed by atoms with E-state index in [1.54, 1.807) is 7.05 Å². The molecule has 1 unspecified atom stereocenters. The van der Waals surface area contributed by atoms with E-state index in [9.17, 15) is 4.79 Å². The highest BCUT2D eigenvalue weighted by molar-refractivity contribution is 14.0. The number of nitrogens with zero attached hydrogens (tertiary/aromatic N) is 2. The molecular formula is C24H32ClIN4O2. The van der Waals surface area contributed by atoms with Gasteiger partial charge in [0.2, 0.25) is 0 Å². The summed E-state index contributed by atoms with van der Waals surface area (Å²) in [4.78, 5) is 18.8. The van der Waals surface area contributed by atoms with Crippen molar-refractivity contribution < 1.29 is 9.53 Å². The molecule has 2 aromatic rings. The van der Waals surface area contributed by atoms with Crippen LogP contribution in [0.25, 0.3) is 0 Å². The molecule has 1 fully saturated rings. The van der Waals surface area contributed by atoms with E-state index in [-0.39, 0.29) is 36.0 Å². The maximum atomic E-state index is 12.6. The molecule has 1 aliphatic heterocycles. The van der Waals surface area contributed by atoms with E-state index in [1.807, 2.05) is 60.4 Å². The summed E-state index contributed by atoms with van der Waals surface area (Å²) in [5.74, 6) is 1.60. The topological polar surface area (TPSA) is 66.0 Å². The van der Waals surface area contributed by atoms with Gasteiger partial charge in [-0.25, -0.2) is 0 Å². The summed E-state index contributed by atoms with van der Waals surface area (Å²) in [6, 6.07) is 15.1. The maximum absolute atomic E-state index is 12.6. The van der Waals surface area contributed by atoms with E-state index < -0.39 is 0 Å². The molecule has 0 saturated carbocycles. The van der Waals surface area contributed by atoms with Crippen LogP contribution in [0.1, 0.15) is 42.1 Å². The fourth-order valence-corrected chi connectivity index (χ4v) is 3.60. The minimum atomic E-state index is -0.0418. The number of aliphatic imine (C=N–C) groups is 1. The van der Waals surface area contributed by atoms with Gasteiger partial charge in [0.25, 0.3) is 5.91 Å². The molecule has 1 aliphatic rings. The molecule has 1 atom stereocenters. The number of ether oxygens (including phenoxy) is 1. The summed E-state index contributed by atoms with van der Waals surface area (Å²) in [6.45, 7) is 4.94. The number of carbonyl (C=O) groups is 1. The number of likely N-dealkylation sites (tertiary alicyclic amines) is 1. The van der Waals surface area contributed by atoms with Crippen LogP contribution in [-0.4, -0.2) is 49.6 Å². The third-order valence-corrected chi connectivity index (χ3v) is 5.49. The Labute approximate surface area is 212 Å². The molecule has 2 N–H and O–H groups in total. The highest BCUT2D eigenvalue weighted by Gasteiger charge is 2.17. The van der Waals surface area contributed by atoms with E-state index in [0.717, 1.165) is 42.8 Å². The second-order valence-corrected chi connectivity index (χ2v) is 8.18. The van der Waals surface area contributed by atoms with Crippen LogP contribution in [0.3, 0.4) is 0 Å². The van der Waals surface area contributed by atoms with Gasteiger partial charge in [-0.15, -0.1) is 24.0 Å². The number of rotatable bonds is 7. The summed E-state index contributed by atoms with van der Waals surface area (Å²) < 4.78 is 5.87. The molecule has 3 rings (SSSR count). The van der Waals surface area contributed by atoms with E-state index in [2.05, 4.69) is 15.6 Å². The van der Waals surface area contributed by atoms with Gasteiger partial charge >= 0.3 is 0 Å². The van der Waals surface area contributed by atoms with Crippen molar-refractivity contribution in [2.24, 2.45) is 4.99 Å². The monoisotopic (exact) mass is 570 g/mol. The van der Waals surface area contributed by atoms with Crippen LogP contribution in [0.4, 0.5) is 0 Å². The van der Waals surface area contributed by atoms with Gasteiger partial charge in [-0.05, 0) is 68.1 Å². The zero-order valence-corrected chi connectivity index (χ0v) is 21.7. The van der Waals surface area contributed by atoms with E-state index in [0.29, 0.717) is 24.1 Å². The second kappa shape index (κ2) is 13.5. The smallest absolute Gasteiger partial charge is 0.253 e. The lowest BCUT2D eigenvalue weighted by Gasteiger charge is -2.26. The Morgan fingerprint density at radius 2 is 1.72 bits per heavy atom. The third kappa shape index (κ3) is 8.16. The second-order valence-electron chi connectivity index (χ2n) is 7.74. The molecule has 1 amide bonds. The van der Waals surface area contributed by atoms with Crippen molar-refractivity contribution in [3.05, 3.63) is 64.7 Å². The van der Waals surface area contributed by atoms with Gasteiger partial charge < -0.3 is 20.3 Å². The summed E-state index contributed by atoms with van der Waals surface area (Å²) in [7, 11) is 1.74. The Kier molecular flexibility index (Phi) is 11.1. The van der Waals surface area contributed by atoms with Gasteiger partial charge in [0.05, 0.1) is 6.54 Å². The van der Waals surface area contributed by atoms with Crippen LogP contribution in [0.2, 0.25) is 5.02 Å². The predicted octanol–water partition coefficient (Wildman–Crippen LogP) is 4.72. The van der Waals surface area contributed by atoms with Crippen molar-refractivity contribution >= 4 is 47.4 Å². The van der Waals surface area contributed by atoms with Crippen LogP contribution in [0.5, 0.6) is 5.75 Å². The number of carbonyl (C=O) groups excluding carboxylic acids is 1. The van der Waals surface area contributed by atoms with Gasteiger partial charge in [0, 0.05) is 37.3 Å². The number of benzene rings is 2. The molecule has 6 nitrogen and oxygen atoms in total. The molecule has 8 heteroatoms. The molecule has 0 aliphatic carbocycles. The molecule has 32 heavy (non-hydrogen) atoms. The molecule has 1 saturated heterocycles. The molecule has 0 spiro atoms. The summed E-state index contributed by atoms with van der Waals surface area (Å²) in [5, 5.41) is 7.25. The number of piperidine rings is 1. The minimum Gasteiger partial charge on any atom is -0.489 e. The lowest BCUT2D eigenvalue weighted by atomic mass is 10.1. The van der Waals surface area contributed by atoms with Crippen molar-refractivity contribution in [2.75, 3.05) is 26.7 Å². The fraction of sp³-hybridized carbons (Fsp3) is 0.417. The molecule has 2 aromatic carbocycles. The zero-order valence-electron chi connectivity index (χ0n) is 18.6. The molecule has 1 heterocycles. The minimum absolute atomic E-state index is 0. The number of hydrogen-bond donors (Lipinski definition) is 2. The van der Waals surface area contributed by atoms with E-state index in [4.69, 9.17) is 16.3 Å².